The third kappa shape index (κ3) is 5.97. The Morgan fingerprint density at radius 2 is 1.90 bits per heavy atom. The molecular formula is C10H19BO8P2. The van der Waals surface area contributed by atoms with Gasteiger partial charge in [0.2, 0.25) is 0 Å². The van der Waals surface area contributed by atoms with Gasteiger partial charge in [-0.15, -0.1) is 0 Å². The number of phosphoric ester groups is 1. The Morgan fingerprint density at radius 1 is 1.29 bits per heavy atom. The maximum atomic E-state index is 11.7. The molecule has 2 unspecified atom stereocenters. The number of phosphoric acid groups is 1. The van der Waals surface area contributed by atoms with Crippen molar-refractivity contribution in [2.45, 2.75) is 31.4 Å². The highest BCUT2D eigenvalue weighted by Crippen LogP contribution is 2.51. The van der Waals surface area contributed by atoms with E-state index in [1.165, 1.54) is 20.1 Å². The Hall–Kier alpha value is 0.0249. The molecule has 8 nitrogen and oxygen atoms in total. The Kier molecular flexibility index (Phi) is 6.84. The van der Waals surface area contributed by atoms with Crippen molar-refractivity contribution < 1.29 is 37.6 Å². The van der Waals surface area contributed by atoms with Crippen LogP contribution in [0.2, 0.25) is 5.82 Å². The number of methoxy groups -OCH3 is 1. The minimum atomic E-state index is -4.34. The van der Waals surface area contributed by atoms with Crippen LogP contribution in [-0.2, 0) is 22.9 Å². The van der Waals surface area contributed by atoms with Crippen LogP contribution in [0.25, 0.3) is 0 Å². The molecular weight excluding hydrogens is 321 g/mol. The Balaban J connectivity index is 2.93. The van der Waals surface area contributed by atoms with Crippen molar-refractivity contribution in [3.63, 3.8) is 0 Å². The highest BCUT2D eigenvalue weighted by Gasteiger charge is 2.44. The van der Waals surface area contributed by atoms with Crippen LogP contribution in [-0.4, -0.2) is 48.5 Å². The van der Waals surface area contributed by atoms with Crippen LogP contribution >= 0.6 is 15.4 Å². The maximum Gasteiger partial charge on any atom is 0.472 e. The smallest absolute Gasteiger partial charge is 0.379 e. The Morgan fingerprint density at radius 3 is 2.38 bits per heavy atom. The zero-order chi connectivity index (χ0) is 16.3. The molecule has 1 rings (SSSR count). The zero-order valence-corrected chi connectivity index (χ0v) is 13.5. The molecule has 1 aliphatic carbocycles. The standard InChI is InChI=1S/C10H19BO8P2/c1-3-18-21(15,16)19-9-7(4-5-20(12,13)14)6-8(11)10(9)17-2/h4-5,7-10H,3,6H2,1-2H3,(H,15,16)(H2,12,13,14)/b5-4+/t7-,8?,9+,10-/m0/s1. The van der Waals surface area contributed by atoms with E-state index in [1.807, 2.05) is 0 Å². The van der Waals surface area contributed by atoms with Crippen molar-refractivity contribution in [2.75, 3.05) is 13.7 Å². The number of hydrogen-bond donors (Lipinski definition) is 3. The van der Waals surface area contributed by atoms with E-state index in [4.69, 9.17) is 26.9 Å². The van der Waals surface area contributed by atoms with Gasteiger partial charge >= 0.3 is 15.4 Å². The highest BCUT2D eigenvalue weighted by atomic mass is 31.2. The molecule has 0 aromatic rings. The summed E-state index contributed by atoms with van der Waals surface area (Å²) in [7, 11) is -1.39. The average Bonchev–Trinajstić information content (AvgIpc) is 2.60. The van der Waals surface area contributed by atoms with Crippen LogP contribution in [0.3, 0.4) is 0 Å². The predicted molar refractivity (Wildman–Crippen MR) is 75.9 cm³/mol. The average molecular weight is 340 g/mol. The SMILES string of the molecule is [B]C1C[C@H](/C=C/P(=O)(O)O)[C@@H](OP(=O)(O)OCC)[C@H]1OC. The lowest BCUT2D eigenvalue weighted by molar-refractivity contribution is -0.00588. The van der Waals surface area contributed by atoms with E-state index in [-0.39, 0.29) is 6.61 Å². The molecule has 1 saturated carbocycles. The second-order valence-corrected chi connectivity index (χ2v) is 7.53. The maximum absolute atomic E-state index is 11.7. The molecule has 0 spiro atoms. The first kappa shape index (κ1) is 19.1. The minimum absolute atomic E-state index is 0.0206. The van der Waals surface area contributed by atoms with E-state index in [2.05, 4.69) is 4.52 Å². The number of hydrogen-bond acceptors (Lipinski definition) is 5. The molecule has 1 fully saturated rings. The van der Waals surface area contributed by atoms with Gasteiger partial charge in [0.25, 0.3) is 0 Å². The molecule has 1 aliphatic rings. The fourth-order valence-electron chi connectivity index (χ4n) is 2.27. The summed E-state index contributed by atoms with van der Waals surface area (Å²) >= 11 is 0. The van der Waals surface area contributed by atoms with Gasteiger partial charge in [-0.2, -0.15) is 0 Å². The third-order valence-electron chi connectivity index (χ3n) is 3.06. The van der Waals surface area contributed by atoms with Crippen LogP contribution in [0.15, 0.2) is 11.9 Å². The van der Waals surface area contributed by atoms with Gasteiger partial charge in [-0.05, 0) is 19.2 Å². The number of rotatable bonds is 7. The van der Waals surface area contributed by atoms with Crippen molar-refractivity contribution in [2.24, 2.45) is 5.92 Å². The summed E-state index contributed by atoms with van der Waals surface area (Å²) in [6.45, 7) is 1.51. The van der Waals surface area contributed by atoms with E-state index < -0.39 is 39.4 Å². The van der Waals surface area contributed by atoms with Crippen LogP contribution in [0.4, 0.5) is 0 Å². The molecule has 0 aromatic carbocycles. The second kappa shape index (κ2) is 7.53. The van der Waals surface area contributed by atoms with Gasteiger partial charge in [-0.25, -0.2) is 4.57 Å². The van der Waals surface area contributed by atoms with E-state index in [0.29, 0.717) is 6.42 Å². The molecule has 0 amide bonds. The van der Waals surface area contributed by atoms with E-state index >= 15 is 0 Å². The first-order chi connectivity index (χ1) is 9.59. The normalized spacial score (nSPS) is 33.4. The van der Waals surface area contributed by atoms with Crippen molar-refractivity contribution in [1.29, 1.82) is 0 Å². The molecule has 0 saturated heterocycles. The largest absolute Gasteiger partial charge is 0.472 e. The molecule has 11 heteroatoms. The third-order valence-corrected chi connectivity index (χ3v) is 4.71. The molecule has 2 radical (unpaired) electrons. The molecule has 0 bridgehead atoms. The summed E-state index contributed by atoms with van der Waals surface area (Å²) in [6.07, 6.45) is -0.0882. The van der Waals surface area contributed by atoms with Gasteiger partial charge in [0, 0.05) is 18.8 Å². The lowest BCUT2D eigenvalue weighted by atomic mass is 9.83. The monoisotopic (exact) mass is 340 g/mol. The van der Waals surface area contributed by atoms with Crippen LogP contribution in [0.5, 0.6) is 0 Å². The van der Waals surface area contributed by atoms with Gasteiger partial charge in [0.05, 0.1) is 20.6 Å². The highest BCUT2D eigenvalue weighted by molar-refractivity contribution is 7.55. The predicted octanol–water partition coefficient (Wildman–Crippen LogP) is 1.19. The van der Waals surface area contributed by atoms with Crippen molar-refractivity contribution >= 4 is 23.3 Å². The topological polar surface area (TPSA) is 123 Å². The molecule has 0 aliphatic heterocycles. The van der Waals surface area contributed by atoms with Gasteiger partial charge in [-0.3, -0.25) is 13.6 Å². The van der Waals surface area contributed by atoms with Crippen molar-refractivity contribution in [3.8, 4) is 0 Å². The lowest BCUT2D eigenvalue weighted by Gasteiger charge is -2.25. The summed E-state index contributed by atoms with van der Waals surface area (Å²) in [5, 5.41) is 0. The quantitative estimate of drug-likeness (QED) is 0.467. The summed E-state index contributed by atoms with van der Waals surface area (Å²) in [5.74, 6) is -0.339. The van der Waals surface area contributed by atoms with Crippen LogP contribution in [0.1, 0.15) is 13.3 Å². The Bertz CT molecular complexity index is 464. The molecule has 120 valence electrons. The zero-order valence-electron chi connectivity index (χ0n) is 11.7. The van der Waals surface area contributed by atoms with Crippen LogP contribution < -0.4 is 0 Å². The lowest BCUT2D eigenvalue weighted by Crippen LogP contribution is -2.30. The molecule has 0 heterocycles. The number of ether oxygens (including phenoxy) is 1. The minimum Gasteiger partial charge on any atom is -0.379 e. The van der Waals surface area contributed by atoms with E-state index in [1.54, 1.807) is 0 Å². The van der Waals surface area contributed by atoms with Gasteiger partial charge in [0.1, 0.15) is 6.10 Å². The van der Waals surface area contributed by atoms with Gasteiger partial charge in [-0.1, -0.05) is 6.08 Å². The summed E-state index contributed by atoms with van der Waals surface area (Å²) in [4.78, 5) is 27.3. The van der Waals surface area contributed by atoms with Gasteiger partial charge < -0.3 is 19.4 Å². The van der Waals surface area contributed by atoms with Crippen molar-refractivity contribution in [3.05, 3.63) is 11.9 Å². The molecule has 5 atom stereocenters. The molecule has 0 aromatic heterocycles. The van der Waals surface area contributed by atoms with E-state index in [9.17, 15) is 14.0 Å². The summed E-state index contributed by atoms with van der Waals surface area (Å²) < 4.78 is 37.5. The molecule has 3 N–H and O–H groups in total. The fourth-order valence-corrected chi connectivity index (χ4v) is 3.69. The van der Waals surface area contributed by atoms with E-state index in [0.717, 1.165) is 5.82 Å². The summed E-state index contributed by atoms with van der Waals surface area (Å²) in [5.41, 5.74) is 0. The summed E-state index contributed by atoms with van der Waals surface area (Å²) in [6, 6.07) is 0. The van der Waals surface area contributed by atoms with Crippen molar-refractivity contribution in [1.82, 2.24) is 0 Å². The Labute approximate surface area is 124 Å². The fraction of sp³-hybridized carbons (Fsp3) is 0.800. The first-order valence-corrected chi connectivity index (χ1v) is 9.46. The first-order valence-electron chi connectivity index (χ1n) is 6.28. The molecule has 21 heavy (non-hydrogen) atoms. The van der Waals surface area contributed by atoms with Crippen LogP contribution in [0, 0.1) is 5.92 Å². The van der Waals surface area contributed by atoms with Gasteiger partial charge in [0.15, 0.2) is 0 Å². The second-order valence-electron chi connectivity index (χ2n) is 4.65.